The maximum Gasteiger partial charge on any atom is 0.319 e. The van der Waals surface area contributed by atoms with E-state index in [-0.39, 0.29) is 19.9 Å². The van der Waals surface area contributed by atoms with Gasteiger partial charge in [0.25, 0.3) is 5.91 Å². The van der Waals surface area contributed by atoms with Crippen molar-refractivity contribution in [2.24, 2.45) is 0 Å². The van der Waals surface area contributed by atoms with Crippen LogP contribution in [0, 0.1) is 0 Å². The van der Waals surface area contributed by atoms with Crippen molar-refractivity contribution in [3.63, 3.8) is 0 Å². The van der Waals surface area contributed by atoms with Crippen molar-refractivity contribution in [3.05, 3.63) is 101 Å². The first-order valence-electron chi connectivity index (χ1n) is 11.3. The van der Waals surface area contributed by atoms with Gasteiger partial charge >= 0.3 is 6.03 Å². The normalized spacial score (nSPS) is 19.4. The fourth-order valence-electron chi connectivity index (χ4n) is 5.05. The molecule has 1 unspecified atom stereocenters. The van der Waals surface area contributed by atoms with E-state index in [9.17, 15) is 9.59 Å². The Balaban J connectivity index is 1.55. The Hall–Kier alpha value is -3.17. The molecule has 1 N–H and O–H groups in total. The lowest BCUT2D eigenvalue weighted by atomic mass is 9.84. The molecule has 3 aromatic carbocycles. The van der Waals surface area contributed by atoms with Gasteiger partial charge in [0.2, 0.25) is 0 Å². The second-order valence-electron chi connectivity index (χ2n) is 8.84. The van der Waals surface area contributed by atoms with Gasteiger partial charge in [0.1, 0.15) is 5.66 Å². The molecule has 2 aliphatic heterocycles. The zero-order valence-electron chi connectivity index (χ0n) is 19.0. The quantitative estimate of drug-likeness (QED) is 0.599. The van der Waals surface area contributed by atoms with E-state index >= 15 is 0 Å². The van der Waals surface area contributed by atoms with Gasteiger partial charge in [-0.1, -0.05) is 80.7 Å². The molecule has 2 aliphatic rings. The minimum absolute atomic E-state index is 0.00693. The smallest absolute Gasteiger partial charge is 0.319 e. The van der Waals surface area contributed by atoms with Crippen molar-refractivity contribution in [2.75, 3.05) is 26.4 Å². The van der Waals surface area contributed by atoms with E-state index in [2.05, 4.69) is 42.9 Å². The highest BCUT2D eigenvalue weighted by Gasteiger charge is 2.55. The van der Waals surface area contributed by atoms with Crippen LogP contribution in [-0.4, -0.2) is 48.2 Å². The molecule has 0 radical (unpaired) electrons. The number of hydrogen-bond acceptors (Lipinski definition) is 2. The predicted molar refractivity (Wildman–Crippen MR) is 133 cm³/mol. The minimum Gasteiger partial charge on any atom is -0.334 e. The SMILES string of the molecule is CP(C)c1ccc(C23Cc4ccccc4C(=O)N2CCN3C(=O)NCc2ccccc2)cc1. The van der Waals surface area contributed by atoms with Gasteiger partial charge in [-0.15, -0.1) is 0 Å². The number of benzene rings is 3. The van der Waals surface area contributed by atoms with Gasteiger partial charge in [0.15, 0.2) is 0 Å². The summed E-state index contributed by atoms with van der Waals surface area (Å²) in [6.07, 6.45) is 0.583. The summed E-state index contributed by atoms with van der Waals surface area (Å²) in [7, 11) is -0.221. The average Bonchev–Trinajstić information content (AvgIpc) is 3.24. The van der Waals surface area contributed by atoms with E-state index in [4.69, 9.17) is 0 Å². The van der Waals surface area contributed by atoms with Crippen LogP contribution in [0.15, 0.2) is 78.9 Å². The molecule has 0 bridgehead atoms. The van der Waals surface area contributed by atoms with Crippen LogP contribution in [0.2, 0.25) is 0 Å². The number of rotatable bonds is 4. The fraction of sp³-hybridized carbons (Fsp3) is 0.259. The van der Waals surface area contributed by atoms with E-state index < -0.39 is 5.66 Å². The molecule has 5 rings (SSSR count). The predicted octanol–water partition coefficient (Wildman–Crippen LogP) is 4.13. The Morgan fingerprint density at radius 2 is 1.64 bits per heavy atom. The van der Waals surface area contributed by atoms with E-state index in [0.29, 0.717) is 26.1 Å². The summed E-state index contributed by atoms with van der Waals surface area (Å²) in [6, 6.07) is 26.0. The van der Waals surface area contributed by atoms with Crippen molar-refractivity contribution in [1.82, 2.24) is 15.1 Å². The van der Waals surface area contributed by atoms with Gasteiger partial charge in [-0.3, -0.25) is 9.69 Å². The van der Waals surface area contributed by atoms with Crippen molar-refractivity contribution in [2.45, 2.75) is 18.6 Å². The molecule has 0 aromatic heterocycles. The Morgan fingerprint density at radius 3 is 2.36 bits per heavy atom. The molecule has 5 nitrogen and oxygen atoms in total. The van der Waals surface area contributed by atoms with Crippen LogP contribution < -0.4 is 10.6 Å². The molecular formula is C27H28N3O2P. The highest BCUT2D eigenvalue weighted by atomic mass is 31.1. The summed E-state index contributed by atoms with van der Waals surface area (Å²) in [5.41, 5.74) is 2.93. The van der Waals surface area contributed by atoms with Crippen molar-refractivity contribution >= 4 is 25.2 Å². The summed E-state index contributed by atoms with van der Waals surface area (Å²) in [5, 5.41) is 4.39. The average molecular weight is 458 g/mol. The molecule has 0 aliphatic carbocycles. The van der Waals surface area contributed by atoms with Crippen LogP contribution in [-0.2, 0) is 18.6 Å². The molecule has 0 spiro atoms. The third-order valence-corrected chi connectivity index (χ3v) is 8.08. The van der Waals surface area contributed by atoms with E-state index in [1.54, 1.807) is 0 Å². The Bertz CT molecular complexity index is 1180. The van der Waals surface area contributed by atoms with Gasteiger partial charge in [-0.05, 0) is 41.4 Å². The van der Waals surface area contributed by atoms with Crippen LogP contribution in [0.25, 0.3) is 0 Å². The lowest BCUT2D eigenvalue weighted by molar-refractivity contribution is 0.0203. The molecule has 3 amide bonds. The molecule has 33 heavy (non-hydrogen) atoms. The van der Waals surface area contributed by atoms with E-state index in [0.717, 1.165) is 22.3 Å². The largest absolute Gasteiger partial charge is 0.334 e. The fourth-order valence-corrected chi connectivity index (χ4v) is 5.79. The summed E-state index contributed by atoms with van der Waals surface area (Å²) >= 11 is 0. The maximum atomic E-state index is 13.6. The standard InChI is InChI=1S/C27H28N3O2P/c1-33(2)23-14-12-22(13-15-23)27-18-21-10-6-7-11-24(21)25(31)29(27)16-17-30(27)26(32)28-19-20-8-4-3-5-9-20/h3-15H,16-19H2,1-2H3,(H,28,32). The lowest BCUT2D eigenvalue weighted by Crippen LogP contribution is -2.60. The van der Waals surface area contributed by atoms with Crippen LogP contribution in [0.3, 0.4) is 0 Å². The zero-order chi connectivity index (χ0) is 23.0. The monoisotopic (exact) mass is 457 g/mol. The molecule has 0 saturated carbocycles. The number of hydrogen-bond donors (Lipinski definition) is 1. The molecule has 2 heterocycles. The molecule has 1 saturated heterocycles. The topological polar surface area (TPSA) is 52.7 Å². The Morgan fingerprint density at radius 1 is 0.939 bits per heavy atom. The number of carbonyl (C=O) groups is 2. The van der Waals surface area contributed by atoms with E-state index in [1.165, 1.54) is 5.30 Å². The number of fused-ring (bicyclic) bond motifs is 2. The van der Waals surface area contributed by atoms with Crippen molar-refractivity contribution < 1.29 is 9.59 Å². The van der Waals surface area contributed by atoms with Crippen LogP contribution in [0.1, 0.15) is 27.0 Å². The maximum absolute atomic E-state index is 13.6. The number of carbonyl (C=O) groups excluding carboxylic acids is 2. The van der Waals surface area contributed by atoms with Gasteiger partial charge in [-0.2, -0.15) is 0 Å². The van der Waals surface area contributed by atoms with Gasteiger partial charge in [0.05, 0.1) is 0 Å². The first-order valence-corrected chi connectivity index (χ1v) is 13.5. The summed E-state index contributed by atoms with van der Waals surface area (Å²) in [4.78, 5) is 30.9. The van der Waals surface area contributed by atoms with Crippen molar-refractivity contribution in [3.8, 4) is 0 Å². The number of nitrogens with zero attached hydrogens (tertiary/aromatic N) is 2. The highest BCUT2D eigenvalue weighted by molar-refractivity contribution is 7.64. The van der Waals surface area contributed by atoms with Crippen LogP contribution in [0.4, 0.5) is 4.79 Å². The molecule has 168 valence electrons. The number of amides is 3. The van der Waals surface area contributed by atoms with Crippen molar-refractivity contribution in [1.29, 1.82) is 0 Å². The second-order valence-corrected chi connectivity index (χ2v) is 11.1. The highest BCUT2D eigenvalue weighted by Crippen LogP contribution is 2.45. The number of nitrogens with one attached hydrogen (secondary N) is 1. The molecular weight excluding hydrogens is 429 g/mol. The third-order valence-electron chi connectivity index (χ3n) is 6.75. The third kappa shape index (κ3) is 3.71. The van der Waals surface area contributed by atoms with E-state index in [1.807, 2.05) is 64.4 Å². The second kappa shape index (κ2) is 8.64. The van der Waals surface area contributed by atoms with Gasteiger partial charge in [0, 0.05) is 31.6 Å². The molecule has 1 fully saturated rings. The first kappa shape index (κ1) is 21.7. The van der Waals surface area contributed by atoms with Crippen LogP contribution >= 0.6 is 7.92 Å². The summed E-state index contributed by atoms with van der Waals surface area (Å²) in [6.45, 7) is 5.92. The number of urea groups is 1. The van der Waals surface area contributed by atoms with Gasteiger partial charge < -0.3 is 10.2 Å². The molecule has 1 atom stereocenters. The molecule has 6 heteroatoms. The zero-order valence-corrected chi connectivity index (χ0v) is 19.9. The minimum atomic E-state index is -0.824. The lowest BCUT2D eigenvalue weighted by Gasteiger charge is -2.47. The Kier molecular flexibility index (Phi) is 5.67. The molecule has 3 aromatic rings. The van der Waals surface area contributed by atoms with Gasteiger partial charge in [-0.25, -0.2) is 4.79 Å². The first-order chi connectivity index (χ1) is 16.0. The summed E-state index contributed by atoms with van der Waals surface area (Å²) in [5.74, 6) is -0.00693. The summed E-state index contributed by atoms with van der Waals surface area (Å²) < 4.78 is 0. The Labute approximate surface area is 196 Å². The van der Waals surface area contributed by atoms with Crippen LogP contribution in [0.5, 0.6) is 0 Å².